The van der Waals surface area contributed by atoms with Crippen LogP contribution in [-0.2, 0) is 11.2 Å². The molecule has 0 unspecified atom stereocenters. The number of benzene rings is 1. The first-order chi connectivity index (χ1) is 9.06. The van der Waals surface area contributed by atoms with Crippen LogP contribution in [0.15, 0.2) is 41.0 Å². The van der Waals surface area contributed by atoms with Crippen LogP contribution in [0, 0.1) is 0 Å². The number of hydrogen-bond donors (Lipinski definition) is 2. The van der Waals surface area contributed by atoms with Gasteiger partial charge >= 0.3 is 5.97 Å². The fourth-order valence-corrected chi connectivity index (χ4v) is 1.73. The molecule has 0 aliphatic heterocycles. The molecule has 0 spiro atoms. The third-order valence-electron chi connectivity index (χ3n) is 2.43. The highest BCUT2D eigenvalue weighted by molar-refractivity contribution is 6.32. The molecule has 0 aliphatic rings. The van der Waals surface area contributed by atoms with Gasteiger partial charge in [-0.15, -0.1) is 0 Å². The lowest BCUT2D eigenvalue weighted by atomic mass is 10.1. The van der Waals surface area contributed by atoms with Crippen LogP contribution in [-0.4, -0.2) is 17.0 Å². The number of hydrogen-bond acceptors (Lipinski definition) is 3. The summed E-state index contributed by atoms with van der Waals surface area (Å²) in [5, 5.41) is 11.3. The number of carbonyl (C=O) groups excluding carboxylic acids is 1. The van der Waals surface area contributed by atoms with Gasteiger partial charge < -0.3 is 14.8 Å². The van der Waals surface area contributed by atoms with Crippen molar-refractivity contribution in [1.29, 1.82) is 0 Å². The summed E-state index contributed by atoms with van der Waals surface area (Å²) in [6.07, 6.45) is 1.27. The van der Waals surface area contributed by atoms with Crippen LogP contribution in [0.4, 0.5) is 5.69 Å². The zero-order valence-electron chi connectivity index (χ0n) is 9.72. The van der Waals surface area contributed by atoms with Crippen LogP contribution in [0.2, 0.25) is 5.22 Å². The molecule has 1 heterocycles. The second-order valence-electron chi connectivity index (χ2n) is 3.83. The molecule has 2 rings (SSSR count). The molecule has 0 radical (unpaired) electrons. The Morgan fingerprint density at radius 2 is 1.89 bits per heavy atom. The number of anilines is 1. The molecule has 0 atom stereocenters. The standard InChI is InChI=1S/C13H10ClNO4/c14-12-10(5-6-19-12)13(18)15-9-3-1-8(2-4-9)7-11(16)17/h1-6H,7H2,(H,15,18)(H,16,17). The summed E-state index contributed by atoms with van der Waals surface area (Å²) in [6.45, 7) is 0. The summed E-state index contributed by atoms with van der Waals surface area (Å²) < 4.78 is 4.83. The molecule has 6 heteroatoms. The Labute approximate surface area is 113 Å². The third-order valence-corrected chi connectivity index (χ3v) is 2.72. The summed E-state index contributed by atoms with van der Waals surface area (Å²) in [5.41, 5.74) is 1.46. The number of nitrogens with one attached hydrogen (secondary N) is 1. The first-order valence-corrected chi connectivity index (χ1v) is 5.79. The molecule has 0 aliphatic carbocycles. The molecule has 19 heavy (non-hydrogen) atoms. The Bertz CT molecular complexity index is 603. The number of amides is 1. The first kappa shape index (κ1) is 13.2. The average Bonchev–Trinajstić information content (AvgIpc) is 2.77. The van der Waals surface area contributed by atoms with Gasteiger partial charge in [0.05, 0.1) is 18.2 Å². The molecule has 5 nitrogen and oxygen atoms in total. The first-order valence-electron chi connectivity index (χ1n) is 5.41. The molecule has 2 aromatic rings. The zero-order chi connectivity index (χ0) is 13.8. The minimum absolute atomic E-state index is 0.0278. The van der Waals surface area contributed by atoms with E-state index in [0.29, 0.717) is 11.3 Å². The third kappa shape index (κ3) is 3.35. The molecule has 98 valence electrons. The molecule has 0 bridgehead atoms. The average molecular weight is 280 g/mol. The minimum Gasteiger partial charge on any atom is -0.481 e. The van der Waals surface area contributed by atoms with Gasteiger partial charge in [-0.05, 0) is 35.4 Å². The van der Waals surface area contributed by atoms with Gasteiger partial charge in [0.1, 0.15) is 0 Å². The van der Waals surface area contributed by atoms with E-state index in [2.05, 4.69) is 5.32 Å². The molecule has 0 saturated carbocycles. The van der Waals surface area contributed by atoms with E-state index < -0.39 is 5.97 Å². The number of furan rings is 1. The number of rotatable bonds is 4. The summed E-state index contributed by atoms with van der Waals surface area (Å²) in [7, 11) is 0. The van der Waals surface area contributed by atoms with Crippen LogP contribution in [0.3, 0.4) is 0 Å². The van der Waals surface area contributed by atoms with Crippen molar-refractivity contribution in [3.05, 3.63) is 52.9 Å². The molecule has 1 aromatic heterocycles. The number of aliphatic carboxylic acids is 1. The quantitative estimate of drug-likeness (QED) is 0.902. The highest BCUT2D eigenvalue weighted by Crippen LogP contribution is 2.18. The van der Waals surface area contributed by atoms with Gasteiger partial charge in [0, 0.05) is 5.69 Å². The van der Waals surface area contributed by atoms with Crippen LogP contribution in [0.1, 0.15) is 15.9 Å². The normalized spacial score (nSPS) is 10.2. The molecule has 0 fully saturated rings. The van der Waals surface area contributed by atoms with Crippen molar-refractivity contribution in [3.8, 4) is 0 Å². The Kier molecular flexibility index (Phi) is 3.87. The van der Waals surface area contributed by atoms with Crippen molar-refractivity contribution in [1.82, 2.24) is 0 Å². The Morgan fingerprint density at radius 1 is 1.21 bits per heavy atom. The fraction of sp³-hybridized carbons (Fsp3) is 0.0769. The lowest BCUT2D eigenvalue weighted by Gasteiger charge is -2.04. The molecular formula is C13H10ClNO4. The van der Waals surface area contributed by atoms with Gasteiger partial charge in [0.15, 0.2) is 0 Å². The Hall–Kier alpha value is -2.27. The van der Waals surface area contributed by atoms with E-state index in [-0.39, 0.29) is 23.1 Å². The minimum atomic E-state index is -0.901. The number of carboxylic acid groups (broad SMARTS) is 1. The van der Waals surface area contributed by atoms with E-state index in [1.165, 1.54) is 12.3 Å². The second kappa shape index (κ2) is 5.58. The Morgan fingerprint density at radius 3 is 2.42 bits per heavy atom. The van der Waals surface area contributed by atoms with Gasteiger partial charge in [-0.25, -0.2) is 0 Å². The maximum Gasteiger partial charge on any atom is 0.307 e. The second-order valence-corrected chi connectivity index (χ2v) is 4.17. The number of carboxylic acids is 1. The predicted octanol–water partition coefficient (Wildman–Crippen LogP) is 2.81. The van der Waals surface area contributed by atoms with E-state index in [1.54, 1.807) is 24.3 Å². The van der Waals surface area contributed by atoms with Gasteiger partial charge in [-0.1, -0.05) is 12.1 Å². The molecule has 0 saturated heterocycles. The number of halogens is 1. The van der Waals surface area contributed by atoms with Gasteiger partial charge in [-0.2, -0.15) is 0 Å². The molecular weight excluding hydrogens is 270 g/mol. The smallest absolute Gasteiger partial charge is 0.307 e. The van der Waals surface area contributed by atoms with Crippen LogP contribution < -0.4 is 5.32 Å². The van der Waals surface area contributed by atoms with Crippen molar-refractivity contribution in [2.24, 2.45) is 0 Å². The lowest BCUT2D eigenvalue weighted by Crippen LogP contribution is -2.11. The van der Waals surface area contributed by atoms with Crippen LogP contribution in [0.25, 0.3) is 0 Å². The van der Waals surface area contributed by atoms with Crippen molar-refractivity contribution >= 4 is 29.2 Å². The van der Waals surface area contributed by atoms with Gasteiger partial charge in [0.2, 0.25) is 5.22 Å². The van der Waals surface area contributed by atoms with E-state index in [0.717, 1.165) is 0 Å². The predicted molar refractivity (Wildman–Crippen MR) is 69.5 cm³/mol. The van der Waals surface area contributed by atoms with Crippen molar-refractivity contribution in [2.75, 3.05) is 5.32 Å². The summed E-state index contributed by atoms with van der Waals surface area (Å²) in [6, 6.07) is 8.01. The van der Waals surface area contributed by atoms with Crippen molar-refractivity contribution in [3.63, 3.8) is 0 Å². The highest BCUT2D eigenvalue weighted by atomic mass is 35.5. The topological polar surface area (TPSA) is 79.5 Å². The SMILES string of the molecule is O=C(O)Cc1ccc(NC(=O)c2ccoc2Cl)cc1. The maximum absolute atomic E-state index is 11.8. The molecule has 1 amide bonds. The van der Waals surface area contributed by atoms with E-state index in [9.17, 15) is 9.59 Å². The maximum atomic E-state index is 11.8. The highest BCUT2D eigenvalue weighted by Gasteiger charge is 2.13. The van der Waals surface area contributed by atoms with Crippen LogP contribution >= 0.6 is 11.6 Å². The van der Waals surface area contributed by atoms with E-state index in [4.69, 9.17) is 21.1 Å². The van der Waals surface area contributed by atoms with Crippen LogP contribution in [0.5, 0.6) is 0 Å². The Balaban J connectivity index is 2.06. The van der Waals surface area contributed by atoms with E-state index in [1.807, 2.05) is 0 Å². The molecule has 1 aromatic carbocycles. The summed E-state index contributed by atoms with van der Waals surface area (Å²) in [5.74, 6) is -1.29. The van der Waals surface area contributed by atoms with Gasteiger partial charge in [-0.3, -0.25) is 9.59 Å². The fourth-order valence-electron chi connectivity index (χ4n) is 1.53. The summed E-state index contributed by atoms with van der Waals surface area (Å²) >= 11 is 5.69. The number of carbonyl (C=O) groups is 2. The lowest BCUT2D eigenvalue weighted by molar-refractivity contribution is -0.136. The van der Waals surface area contributed by atoms with E-state index >= 15 is 0 Å². The van der Waals surface area contributed by atoms with Crippen molar-refractivity contribution in [2.45, 2.75) is 6.42 Å². The largest absolute Gasteiger partial charge is 0.481 e. The van der Waals surface area contributed by atoms with Gasteiger partial charge in [0.25, 0.3) is 5.91 Å². The zero-order valence-corrected chi connectivity index (χ0v) is 10.5. The molecule has 2 N–H and O–H groups in total. The monoisotopic (exact) mass is 279 g/mol. The van der Waals surface area contributed by atoms with Crippen molar-refractivity contribution < 1.29 is 19.1 Å². The summed E-state index contributed by atoms with van der Waals surface area (Å²) in [4.78, 5) is 22.3.